The molecule has 0 unspecified atom stereocenters. The molecule has 0 fully saturated rings. The first-order valence-electron chi connectivity index (χ1n) is 6.29. The van der Waals surface area contributed by atoms with Crippen LogP contribution in [0.15, 0.2) is 61.7 Å². The van der Waals surface area contributed by atoms with E-state index >= 15 is 0 Å². The summed E-state index contributed by atoms with van der Waals surface area (Å²) in [5.41, 5.74) is 3.67. The molecule has 2 aromatic rings. The highest BCUT2D eigenvalue weighted by Gasteiger charge is 1.86. The summed E-state index contributed by atoms with van der Waals surface area (Å²) in [4.78, 5) is 0. The lowest BCUT2D eigenvalue weighted by molar-refractivity contribution is 1.14. The molecule has 0 aromatic heterocycles. The van der Waals surface area contributed by atoms with Crippen LogP contribution >= 0.6 is 11.6 Å². The number of benzene rings is 2. The van der Waals surface area contributed by atoms with Gasteiger partial charge in [-0.1, -0.05) is 80.2 Å². The van der Waals surface area contributed by atoms with E-state index in [0.29, 0.717) is 0 Å². The lowest BCUT2D eigenvalue weighted by Crippen LogP contribution is -1.78. The summed E-state index contributed by atoms with van der Waals surface area (Å²) in [5.74, 6) is 0. The quantitative estimate of drug-likeness (QED) is 0.654. The lowest BCUT2D eigenvalue weighted by Gasteiger charge is -1.95. The second-order valence-corrected chi connectivity index (χ2v) is 4.49. The van der Waals surface area contributed by atoms with Crippen LogP contribution in [0, 0.1) is 0 Å². The topological polar surface area (TPSA) is 0 Å². The summed E-state index contributed by atoms with van der Waals surface area (Å²) in [7, 11) is 0. The van der Waals surface area contributed by atoms with Crippen molar-refractivity contribution in [3.63, 3.8) is 0 Å². The van der Waals surface area contributed by atoms with Gasteiger partial charge in [0.1, 0.15) is 0 Å². The molecular formula is C18H19Cl. The van der Waals surface area contributed by atoms with Crippen LogP contribution in [0.3, 0.4) is 0 Å². The third-order valence-corrected chi connectivity index (χ3v) is 2.98. The standard InChI is InChI=1S/C10H12.C8H7Cl/c1-3-9-5-7-10(4-2)8-6-9;1-2-7-3-5-8(9)6-4-7/h3,5-8H,1,4H2,2H3;2-6H,1H2. The first-order chi connectivity index (χ1) is 9.19. The van der Waals surface area contributed by atoms with Crippen molar-refractivity contribution < 1.29 is 0 Å². The predicted octanol–water partition coefficient (Wildman–Crippen LogP) is 5.88. The molecule has 0 spiro atoms. The van der Waals surface area contributed by atoms with Gasteiger partial charge in [-0.25, -0.2) is 0 Å². The predicted molar refractivity (Wildman–Crippen MR) is 87.5 cm³/mol. The molecule has 0 saturated heterocycles. The van der Waals surface area contributed by atoms with Crippen LogP contribution in [0.1, 0.15) is 23.6 Å². The van der Waals surface area contributed by atoms with E-state index in [1.54, 1.807) is 6.08 Å². The van der Waals surface area contributed by atoms with Crippen molar-refractivity contribution in [2.24, 2.45) is 0 Å². The highest BCUT2D eigenvalue weighted by atomic mass is 35.5. The largest absolute Gasteiger partial charge is 0.0985 e. The average Bonchev–Trinajstić information content (AvgIpc) is 2.49. The van der Waals surface area contributed by atoms with Gasteiger partial charge in [0, 0.05) is 5.02 Å². The van der Waals surface area contributed by atoms with Gasteiger partial charge in [-0.05, 0) is 35.2 Å². The Morgan fingerprint density at radius 1 is 0.842 bits per heavy atom. The number of hydrogen-bond donors (Lipinski definition) is 0. The van der Waals surface area contributed by atoms with Crippen molar-refractivity contribution in [3.05, 3.63) is 83.4 Å². The molecule has 0 nitrogen and oxygen atoms in total. The molecule has 2 rings (SSSR count). The molecule has 0 saturated carbocycles. The third-order valence-electron chi connectivity index (χ3n) is 2.73. The molecule has 0 aliphatic rings. The van der Waals surface area contributed by atoms with Crippen molar-refractivity contribution in [2.45, 2.75) is 13.3 Å². The second kappa shape index (κ2) is 8.34. The fraction of sp³-hybridized carbons (Fsp3) is 0.111. The van der Waals surface area contributed by atoms with Gasteiger partial charge in [0.2, 0.25) is 0 Å². The van der Waals surface area contributed by atoms with Crippen molar-refractivity contribution in [1.82, 2.24) is 0 Å². The zero-order valence-electron chi connectivity index (χ0n) is 11.3. The minimum absolute atomic E-state index is 0.764. The minimum Gasteiger partial charge on any atom is -0.0985 e. The maximum Gasteiger partial charge on any atom is 0.0406 e. The summed E-state index contributed by atoms with van der Waals surface area (Å²) >= 11 is 5.63. The van der Waals surface area contributed by atoms with E-state index < -0.39 is 0 Å². The molecular weight excluding hydrogens is 252 g/mol. The normalized spacial score (nSPS) is 9.16. The van der Waals surface area contributed by atoms with Crippen LogP contribution in [0.2, 0.25) is 5.02 Å². The first kappa shape index (κ1) is 15.3. The highest BCUT2D eigenvalue weighted by Crippen LogP contribution is 2.09. The number of rotatable bonds is 3. The molecule has 1 heteroatoms. The van der Waals surface area contributed by atoms with E-state index in [2.05, 4.69) is 44.3 Å². The van der Waals surface area contributed by atoms with E-state index in [1.165, 1.54) is 11.1 Å². The van der Waals surface area contributed by atoms with Crippen LogP contribution in [-0.4, -0.2) is 0 Å². The van der Waals surface area contributed by atoms with Crippen molar-refractivity contribution in [3.8, 4) is 0 Å². The van der Waals surface area contributed by atoms with E-state index in [9.17, 15) is 0 Å². The zero-order chi connectivity index (χ0) is 14.1. The summed E-state index contributed by atoms with van der Waals surface area (Å²) in [6.07, 6.45) is 4.76. The molecule has 98 valence electrons. The summed E-state index contributed by atoms with van der Waals surface area (Å²) in [5, 5.41) is 0.764. The Hall–Kier alpha value is -1.79. The van der Waals surface area contributed by atoms with E-state index in [4.69, 9.17) is 11.6 Å². The van der Waals surface area contributed by atoms with Gasteiger partial charge in [-0.2, -0.15) is 0 Å². The van der Waals surface area contributed by atoms with Gasteiger partial charge in [0.25, 0.3) is 0 Å². The molecule has 0 amide bonds. The van der Waals surface area contributed by atoms with Gasteiger partial charge in [-0.15, -0.1) is 0 Å². The Labute approximate surface area is 121 Å². The highest BCUT2D eigenvalue weighted by molar-refractivity contribution is 6.30. The molecule has 0 aliphatic heterocycles. The van der Waals surface area contributed by atoms with Crippen molar-refractivity contribution in [1.29, 1.82) is 0 Å². The van der Waals surface area contributed by atoms with Crippen LogP contribution in [0.5, 0.6) is 0 Å². The van der Waals surface area contributed by atoms with Crippen molar-refractivity contribution in [2.75, 3.05) is 0 Å². The Morgan fingerprint density at radius 3 is 1.63 bits per heavy atom. The maximum absolute atomic E-state index is 5.63. The smallest absolute Gasteiger partial charge is 0.0406 e. The molecule has 0 radical (unpaired) electrons. The van der Waals surface area contributed by atoms with Crippen LogP contribution in [-0.2, 0) is 6.42 Å². The fourth-order valence-corrected chi connectivity index (χ4v) is 1.61. The Bertz CT molecular complexity index is 506. The molecule has 0 heterocycles. The maximum atomic E-state index is 5.63. The zero-order valence-corrected chi connectivity index (χ0v) is 12.0. The van der Waals surface area contributed by atoms with E-state index in [0.717, 1.165) is 17.0 Å². The number of halogens is 1. The summed E-state index contributed by atoms with van der Waals surface area (Å²) < 4.78 is 0. The summed E-state index contributed by atoms with van der Waals surface area (Å²) in [6.45, 7) is 9.46. The van der Waals surface area contributed by atoms with Crippen molar-refractivity contribution >= 4 is 23.8 Å². The first-order valence-corrected chi connectivity index (χ1v) is 6.66. The lowest BCUT2D eigenvalue weighted by atomic mass is 10.1. The molecule has 0 bridgehead atoms. The molecule has 19 heavy (non-hydrogen) atoms. The minimum atomic E-state index is 0.764. The average molecular weight is 271 g/mol. The molecule has 2 aromatic carbocycles. The third kappa shape index (κ3) is 5.58. The van der Waals surface area contributed by atoms with Gasteiger partial charge in [0.05, 0.1) is 0 Å². The molecule has 0 atom stereocenters. The Kier molecular flexibility index (Phi) is 6.70. The van der Waals surface area contributed by atoms with E-state index in [-0.39, 0.29) is 0 Å². The van der Waals surface area contributed by atoms with E-state index in [1.807, 2.05) is 30.3 Å². The SMILES string of the molecule is C=Cc1ccc(CC)cc1.C=Cc1ccc(Cl)cc1. The second-order valence-electron chi connectivity index (χ2n) is 4.05. The molecule has 0 aliphatic carbocycles. The van der Waals surface area contributed by atoms with Gasteiger partial charge >= 0.3 is 0 Å². The van der Waals surface area contributed by atoms with Gasteiger partial charge in [-0.3, -0.25) is 0 Å². The van der Waals surface area contributed by atoms with Crippen LogP contribution in [0.4, 0.5) is 0 Å². The Morgan fingerprint density at radius 2 is 1.26 bits per heavy atom. The fourth-order valence-electron chi connectivity index (χ4n) is 1.49. The van der Waals surface area contributed by atoms with Crippen LogP contribution in [0.25, 0.3) is 12.2 Å². The monoisotopic (exact) mass is 270 g/mol. The van der Waals surface area contributed by atoms with Crippen LogP contribution < -0.4 is 0 Å². The number of aryl methyl sites for hydroxylation is 1. The number of hydrogen-bond acceptors (Lipinski definition) is 0. The van der Waals surface area contributed by atoms with Gasteiger partial charge < -0.3 is 0 Å². The summed E-state index contributed by atoms with van der Waals surface area (Å²) in [6, 6.07) is 16.0. The molecule has 0 N–H and O–H groups in total. The van der Waals surface area contributed by atoms with Gasteiger partial charge in [0.15, 0.2) is 0 Å². The Balaban J connectivity index is 0.000000191.